The Balaban J connectivity index is 1.64. The van der Waals surface area contributed by atoms with Crippen LogP contribution in [-0.4, -0.2) is 12.0 Å². The molecule has 2 heterocycles. The summed E-state index contributed by atoms with van der Waals surface area (Å²) in [7, 11) is 2.04. The fraction of sp³-hybridized carbons (Fsp3) is 0.438. The smallest absolute Gasteiger partial charge is 0.154 e. The van der Waals surface area contributed by atoms with Gasteiger partial charge in [0.1, 0.15) is 10.8 Å². The fourth-order valence-corrected chi connectivity index (χ4v) is 4.46. The van der Waals surface area contributed by atoms with E-state index in [-0.39, 0.29) is 6.10 Å². The highest BCUT2D eigenvalue weighted by atomic mass is 32.1. The highest BCUT2D eigenvalue weighted by Crippen LogP contribution is 2.41. The minimum atomic E-state index is 0.112. The number of ether oxygens (including phenoxy) is 1. The zero-order valence-corrected chi connectivity index (χ0v) is 12.4. The average Bonchev–Trinajstić information content (AvgIpc) is 3.09. The molecule has 2 aromatic rings. The van der Waals surface area contributed by atoms with Crippen LogP contribution in [-0.2, 0) is 12.8 Å². The van der Waals surface area contributed by atoms with Gasteiger partial charge in [-0.15, -0.1) is 11.3 Å². The number of fused-ring (bicyclic) bond motifs is 2. The Kier molecular flexibility index (Phi) is 3.00. The summed E-state index contributed by atoms with van der Waals surface area (Å²) in [6.07, 6.45) is 4.63. The molecule has 0 saturated carbocycles. The van der Waals surface area contributed by atoms with Crippen LogP contribution in [0.1, 0.15) is 46.1 Å². The van der Waals surface area contributed by atoms with Crippen LogP contribution in [0.5, 0.6) is 5.75 Å². The largest absolute Gasteiger partial charge is 0.483 e. The highest BCUT2D eigenvalue weighted by Gasteiger charge is 2.30. The molecular formula is C16H18N2OS. The summed E-state index contributed by atoms with van der Waals surface area (Å²) in [5.41, 5.74) is 2.59. The topological polar surface area (TPSA) is 34.2 Å². The molecule has 0 fully saturated rings. The number of rotatable bonds is 2. The van der Waals surface area contributed by atoms with Gasteiger partial charge < -0.3 is 10.1 Å². The van der Waals surface area contributed by atoms with E-state index < -0.39 is 0 Å². The Morgan fingerprint density at radius 3 is 3.10 bits per heavy atom. The van der Waals surface area contributed by atoms with Gasteiger partial charge >= 0.3 is 0 Å². The first-order chi connectivity index (χ1) is 9.85. The van der Waals surface area contributed by atoms with Crippen LogP contribution in [0.15, 0.2) is 24.3 Å². The summed E-state index contributed by atoms with van der Waals surface area (Å²) in [5.74, 6) is 1.02. The Labute approximate surface area is 123 Å². The molecule has 0 amide bonds. The van der Waals surface area contributed by atoms with Crippen molar-refractivity contribution in [2.75, 3.05) is 7.05 Å². The Morgan fingerprint density at radius 1 is 1.35 bits per heavy atom. The van der Waals surface area contributed by atoms with Crippen molar-refractivity contribution in [2.45, 2.75) is 37.8 Å². The predicted octanol–water partition coefficient (Wildman–Crippen LogP) is 3.42. The maximum absolute atomic E-state index is 6.07. The summed E-state index contributed by atoms with van der Waals surface area (Å²) in [4.78, 5) is 6.29. The number of hydrogen-bond acceptors (Lipinski definition) is 4. The summed E-state index contributed by atoms with van der Waals surface area (Å²) >= 11 is 1.84. The summed E-state index contributed by atoms with van der Waals surface area (Å²) in [5, 5.41) is 4.56. The second-order valence-corrected chi connectivity index (χ2v) is 6.58. The molecule has 2 atom stereocenters. The summed E-state index contributed by atoms with van der Waals surface area (Å²) < 4.78 is 6.07. The number of para-hydroxylation sites is 1. The number of aromatic nitrogens is 1. The summed E-state index contributed by atoms with van der Waals surface area (Å²) in [6.45, 7) is 0. The van der Waals surface area contributed by atoms with E-state index in [0.29, 0.717) is 6.04 Å². The van der Waals surface area contributed by atoms with Crippen molar-refractivity contribution in [1.82, 2.24) is 10.3 Å². The first kappa shape index (κ1) is 12.4. The standard InChI is InChI=1S/C16H18N2OS/c1-17-11-6-4-7-12-15(11)20-16(18-12)14-9-10-5-2-3-8-13(10)19-14/h2-3,5,8,11,14,17H,4,6-7,9H2,1H3. The van der Waals surface area contributed by atoms with Crippen molar-refractivity contribution in [1.29, 1.82) is 0 Å². The molecule has 1 aliphatic heterocycles. The molecule has 2 aliphatic rings. The lowest BCUT2D eigenvalue weighted by Crippen LogP contribution is -2.19. The third-order valence-electron chi connectivity index (χ3n) is 4.24. The van der Waals surface area contributed by atoms with E-state index >= 15 is 0 Å². The third kappa shape index (κ3) is 1.95. The zero-order chi connectivity index (χ0) is 13.5. The van der Waals surface area contributed by atoms with Gasteiger partial charge in [0.25, 0.3) is 0 Å². The molecule has 3 nitrogen and oxygen atoms in total. The van der Waals surface area contributed by atoms with Gasteiger partial charge in [0.05, 0.1) is 5.69 Å². The normalized spacial score (nSPS) is 24.1. The number of hydrogen-bond donors (Lipinski definition) is 1. The second-order valence-electron chi connectivity index (χ2n) is 5.51. The molecule has 1 aliphatic carbocycles. The van der Waals surface area contributed by atoms with E-state index in [2.05, 4.69) is 23.5 Å². The number of benzene rings is 1. The molecule has 20 heavy (non-hydrogen) atoms. The lowest BCUT2D eigenvalue weighted by Gasteiger charge is -2.20. The quantitative estimate of drug-likeness (QED) is 0.918. The van der Waals surface area contributed by atoms with Gasteiger partial charge in [-0.05, 0) is 37.9 Å². The Hall–Kier alpha value is -1.39. The minimum Gasteiger partial charge on any atom is -0.483 e. The number of nitrogens with zero attached hydrogens (tertiary/aromatic N) is 1. The van der Waals surface area contributed by atoms with Crippen LogP contribution in [0.4, 0.5) is 0 Å². The van der Waals surface area contributed by atoms with E-state index in [9.17, 15) is 0 Å². The molecule has 0 bridgehead atoms. The van der Waals surface area contributed by atoms with Crippen LogP contribution in [0.3, 0.4) is 0 Å². The fourth-order valence-electron chi connectivity index (χ4n) is 3.17. The average molecular weight is 286 g/mol. The molecular weight excluding hydrogens is 268 g/mol. The minimum absolute atomic E-state index is 0.112. The lowest BCUT2D eigenvalue weighted by atomic mass is 9.98. The van der Waals surface area contributed by atoms with Crippen LogP contribution < -0.4 is 10.1 Å². The predicted molar refractivity (Wildman–Crippen MR) is 80.4 cm³/mol. The molecule has 4 heteroatoms. The molecule has 0 saturated heterocycles. The molecule has 0 radical (unpaired) electrons. The molecule has 2 unspecified atom stereocenters. The van der Waals surface area contributed by atoms with E-state index in [1.165, 1.54) is 29.0 Å². The van der Waals surface area contributed by atoms with Crippen molar-refractivity contribution in [3.8, 4) is 5.75 Å². The molecule has 0 spiro atoms. The van der Waals surface area contributed by atoms with Crippen LogP contribution in [0.2, 0.25) is 0 Å². The van der Waals surface area contributed by atoms with Gasteiger partial charge in [-0.1, -0.05) is 18.2 Å². The first-order valence-corrected chi connectivity index (χ1v) is 8.08. The van der Waals surface area contributed by atoms with Crippen LogP contribution in [0, 0.1) is 0 Å². The first-order valence-electron chi connectivity index (χ1n) is 7.26. The lowest BCUT2D eigenvalue weighted by molar-refractivity contribution is 0.238. The molecule has 104 valence electrons. The summed E-state index contributed by atoms with van der Waals surface area (Å²) in [6, 6.07) is 8.80. The number of nitrogens with one attached hydrogen (secondary N) is 1. The molecule has 1 aromatic heterocycles. The molecule has 1 aromatic carbocycles. The van der Waals surface area contributed by atoms with Crippen molar-refractivity contribution in [2.24, 2.45) is 0 Å². The van der Waals surface area contributed by atoms with E-state index in [4.69, 9.17) is 9.72 Å². The number of thiazole rings is 1. The molecule has 1 N–H and O–H groups in total. The van der Waals surface area contributed by atoms with Crippen molar-refractivity contribution in [3.63, 3.8) is 0 Å². The SMILES string of the molecule is CNC1CCCc2nc(C3Cc4ccccc4O3)sc21. The third-order valence-corrected chi connectivity index (χ3v) is 5.54. The van der Waals surface area contributed by atoms with Crippen molar-refractivity contribution in [3.05, 3.63) is 45.4 Å². The van der Waals surface area contributed by atoms with Gasteiger partial charge in [0.2, 0.25) is 0 Å². The maximum atomic E-state index is 6.07. The van der Waals surface area contributed by atoms with Gasteiger partial charge in [0.15, 0.2) is 6.10 Å². The monoisotopic (exact) mass is 286 g/mol. The van der Waals surface area contributed by atoms with Crippen LogP contribution in [0.25, 0.3) is 0 Å². The van der Waals surface area contributed by atoms with E-state index in [1.54, 1.807) is 0 Å². The second kappa shape index (κ2) is 4.86. The van der Waals surface area contributed by atoms with E-state index in [0.717, 1.165) is 23.6 Å². The van der Waals surface area contributed by atoms with Gasteiger partial charge in [-0.3, -0.25) is 0 Å². The van der Waals surface area contributed by atoms with Crippen molar-refractivity contribution >= 4 is 11.3 Å². The van der Waals surface area contributed by atoms with Gasteiger partial charge in [-0.2, -0.15) is 0 Å². The van der Waals surface area contributed by atoms with Gasteiger partial charge in [-0.25, -0.2) is 4.98 Å². The number of aryl methyl sites for hydroxylation is 1. The Morgan fingerprint density at radius 2 is 2.25 bits per heavy atom. The van der Waals surface area contributed by atoms with Crippen molar-refractivity contribution < 1.29 is 4.74 Å². The Bertz CT molecular complexity index is 612. The van der Waals surface area contributed by atoms with Gasteiger partial charge in [0, 0.05) is 17.3 Å². The highest BCUT2D eigenvalue weighted by molar-refractivity contribution is 7.12. The molecule has 4 rings (SSSR count). The zero-order valence-electron chi connectivity index (χ0n) is 11.6. The maximum Gasteiger partial charge on any atom is 0.154 e. The van der Waals surface area contributed by atoms with E-state index in [1.807, 2.05) is 24.5 Å². The van der Waals surface area contributed by atoms with Crippen LogP contribution >= 0.6 is 11.3 Å².